The third-order valence-corrected chi connectivity index (χ3v) is 6.49. The minimum absolute atomic E-state index is 0.169. The maximum absolute atomic E-state index is 12.7. The first-order valence-electron chi connectivity index (χ1n) is 12.0. The van der Waals surface area contributed by atoms with E-state index in [1.807, 2.05) is 33.4 Å². The quantitative estimate of drug-likeness (QED) is 0.335. The highest BCUT2D eigenvalue weighted by Crippen LogP contribution is 2.22. The van der Waals surface area contributed by atoms with Crippen molar-refractivity contribution in [3.63, 3.8) is 0 Å². The summed E-state index contributed by atoms with van der Waals surface area (Å²) in [4.78, 5) is 12.7. The number of aryl methyl sites for hydroxylation is 2. The van der Waals surface area contributed by atoms with Crippen LogP contribution in [0.15, 0.2) is 89.6 Å². The van der Waals surface area contributed by atoms with Crippen molar-refractivity contribution in [1.29, 1.82) is 5.41 Å². The lowest BCUT2D eigenvalue weighted by molar-refractivity contribution is 0.0910. The van der Waals surface area contributed by atoms with E-state index in [0.717, 1.165) is 22.2 Å². The predicted octanol–water partition coefficient (Wildman–Crippen LogP) is 4.79. The summed E-state index contributed by atoms with van der Waals surface area (Å²) in [6.45, 7) is 5.06. The average molecular weight is 480 g/mol. The fourth-order valence-corrected chi connectivity index (χ4v) is 4.54. The van der Waals surface area contributed by atoms with Crippen LogP contribution >= 0.6 is 0 Å². The van der Waals surface area contributed by atoms with Gasteiger partial charge in [0.2, 0.25) is 11.4 Å². The minimum atomic E-state index is -0.322. The van der Waals surface area contributed by atoms with Crippen molar-refractivity contribution in [2.75, 3.05) is 6.54 Å². The van der Waals surface area contributed by atoms with Gasteiger partial charge in [0.25, 0.3) is 5.91 Å². The van der Waals surface area contributed by atoms with Gasteiger partial charge in [-0.1, -0.05) is 76.9 Å². The molecule has 7 heteroatoms. The number of para-hydroxylation sites is 2. The smallest absolute Gasteiger partial charge is 0.289 e. The van der Waals surface area contributed by atoms with Crippen LogP contribution in [0.25, 0.3) is 11.0 Å². The first-order valence-corrected chi connectivity index (χ1v) is 12.0. The van der Waals surface area contributed by atoms with E-state index in [-0.39, 0.29) is 17.7 Å². The largest absolute Gasteiger partial charge is 0.351 e. The molecule has 0 aliphatic rings. The lowest BCUT2D eigenvalue weighted by Crippen LogP contribution is -2.36. The lowest BCUT2D eigenvalue weighted by atomic mass is 10.0. The number of carbonyl (C=O) groups excluding carboxylic acids is 1. The van der Waals surface area contributed by atoms with E-state index in [2.05, 4.69) is 72.9 Å². The second-order valence-electron chi connectivity index (χ2n) is 9.18. The molecular formula is C29H29N5O2. The molecule has 0 bridgehead atoms. The average Bonchev–Trinajstić information content (AvgIpc) is 3.52. The van der Waals surface area contributed by atoms with Crippen LogP contribution in [0.4, 0.5) is 0 Å². The zero-order chi connectivity index (χ0) is 25.1. The van der Waals surface area contributed by atoms with Gasteiger partial charge in [0.05, 0.1) is 29.8 Å². The molecule has 0 aliphatic heterocycles. The first-order chi connectivity index (χ1) is 17.5. The number of rotatable bonds is 8. The molecular weight excluding hydrogens is 450 g/mol. The SMILES string of the molecule is Cc1ccc(C[C@@H](CNC(=O)c2ccno2)n2c(=N)n(Cc3ccc(C)cc3)c3ccccc32)cc1. The second-order valence-corrected chi connectivity index (χ2v) is 9.18. The summed E-state index contributed by atoms with van der Waals surface area (Å²) in [5.74, 6) is -0.154. The predicted molar refractivity (Wildman–Crippen MR) is 139 cm³/mol. The summed E-state index contributed by atoms with van der Waals surface area (Å²) in [7, 11) is 0. The van der Waals surface area contributed by atoms with E-state index in [9.17, 15) is 10.2 Å². The Labute approximate surface area is 209 Å². The molecule has 0 spiro atoms. The van der Waals surface area contributed by atoms with Crippen LogP contribution in [-0.4, -0.2) is 26.7 Å². The first kappa shape index (κ1) is 23.4. The summed E-state index contributed by atoms with van der Waals surface area (Å²) in [6, 6.07) is 26.2. The van der Waals surface area contributed by atoms with Gasteiger partial charge in [0, 0.05) is 12.6 Å². The summed E-state index contributed by atoms with van der Waals surface area (Å²) >= 11 is 0. The van der Waals surface area contributed by atoms with Crippen molar-refractivity contribution in [1.82, 2.24) is 19.6 Å². The van der Waals surface area contributed by atoms with Crippen molar-refractivity contribution >= 4 is 16.9 Å². The summed E-state index contributed by atoms with van der Waals surface area (Å²) < 4.78 is 9.09. The standard InChI is InChI=1S/C29H29N5O2/c1-20-7-11-22(12-8-20)17-24(18-31-28(35)27-15-16-32-36-27)34-26-6-4-3-5-25(26)33(29(34)30)19-23-13-9-21(2)10-14-23/h3-16,24,30H,17-19H2,1-2H3,(H,31,35)/t24-/m0/s1. The molecule has 1 amide bonds. The van der Waals surface area contributed by atoms with Crippen molar-refractivity contribution in [3.8, 4) is 0 Å². The van der Waals surface area contributed by atoms with Crippen molar-refractivity contribution < 1.29 is 9.32 Å². The van der Waals surface area contributed by atoms with Gasteiger partial charge in [-0.15, -0.1) is 0 Å². The molecule has 0 saturated heterocycles. The maximum atomic E-state index is 12.7. The third-order valence-electron chi connectivity index (χ3n) is 6.49. The summed E-state index contributed by atoms with van der Waals surface area (Å²) in [5, 5.41) is 15.8. The molecule has 2 N–H and O–H groups in total. The van der Waals surface area contributed by atoms with Gasteiger partial charge < -0.3 is 19.0 Å². The number of imidazole rings is 1. The molecule has 5 aromatic rings. The van der Waals surface area contributed by atoms with Crippen LogP contribution in [0.1, 0.15) is 38.9 Å². The van der Waals surface area contributed by atoms with Crippen LogP contribution < -0.4 is 10.9 Å². The molecule has 0 radical (unpaired) electrons. The van der Waals surface area contributed by atoms with Gasteiger partial charge in [0.15, 0.2) is 0 Å². The third kappa shape index (κ3) is 4.86. The van der Waals surface area contributed by atoms with Gasteiger partial charge in [-0.25, -0.2) is 0 Å². The monoisotopic (exact) mass is 479 g/mol. The number of carbonyl (C=O) groups is 1. The van der Waals surface area contributed by atoms with Gasteiger partial charge in [-0.05, 0) is 43.5 Å². The number of hydrogen-bond donors (Lipinski definition) is 2. The van der Waals surface area contributed by atoms with Crippen molar-refractivity contribution in [3.05, 3.63) is 119 Å². The van der Waals surface area contributed by atoms with Crippen LogP contribution in [0.2, 0.25) is 0 Å². The molecule has 1 atom stereocenters. The molecule has 0 aliphatic carbocycles. The molecule has 0 fully saturated rings. The Bertz CT molecular complexity index is 1530. The molecule has 0 saturated carbocycles. The molecule has 7 nitrogen and oxygen atoms in total. The van der Waals surface area contributed by atoms with E-state index in [0.29, 0.717) is 25.1 Å². The van der Waals surface area contributed by atoms with Gasteiger partial charge in [0.1, 0.15) is 0 Å². The van der Waals surface area contributed by atoms with Gasteiger partial charge in [-0.2, -0.15) is 0 Å². The highest BCUT2D eigenvalue weighted by molar-refractivity contribution is 5.91. The molecule has 182 valence electrons. The van der Waals surface area contributed by atoms with E-state index in [4.69, 9.17) is 4.52 Å². The number of benzene rings is 3. The van der Waals surface area contributed by atoms with E-state index >= 15 is 0 Å². The van der Waals surface area contributed by atoms with Crippen LogP contribution in [0.3, 0.4) is 0 Å². The van der Waals surface area contributed by atoms with Gasteiger partial charge >= 0.3 is 0 Å². The summed E-state index contributed by atoms with van der Waals surface area (Å²) in [6.07, 6.45) is 2.11. The maximum Gasteiger partial charge on any atom is 0.289 e. The Balaban J connectivity index is 1.54. The fourth-order valence-electron chi connectivity index (χ4n) is 4.54. The molecule has 5 rings (SSSR count). The van der Waals surface area contributed by atoms with E-state index in [1.54, 1.807) is 6.07 Å². The van der Waals surface area contributed by atoms with Crippen molar-refractivity contribution in [2.24, 2.45) is 0 Å². The minimum Gasteiger partial charge on any atom is -0.351 e. The Morgan fingerprint density at radius 1 is 0.917 bits per heavy atom. The number of hydrogen-bond acceptors (Lipinski definition) is 4. The normalized spacial score (nSPS) is 12.1. The zero-order valence-corrected chi connectivity index (χ0v) is 20.4. The fraction of sp³-hybridized carbons (Fsp3) is 0.207. The van der Waals surface area contributed by atoms with E-state index in [1.165, 1.54) is 17.3 Å². The second kappa shape index (κ2) is 10.1. The summed E-state index contributed by atoms with van der Waals surface area (Å²) in [5.41, 5.74) is 7.01. The van der Waals surface area contributed by atoms with Crippen LogP contribution in [0.5, 0.6) is 0 Å². The molecule has 0 unspecified atom stereocenters. The Hall–Kier alpha value is -4.39. The Morgan fingerprint density at radius 2 is 1.56 bits per heavy atom. The van der Waals surface area contributed by atoms with Gasteiger partial charge in [-0.3, -0.25) is 10.2 Å². The van der Waals surface area contributed by atoms with Crippen LogP contribution in [-0.2, 0) is 13.0 Å². The molecule has 3 aromatic carbocycles. The molecule has 36 heavy (non-hydrogen) atoms. The number of fused-ring (bicyclic) bond motifs is 1. The number of amides is 1. The zero-order valence-electron chi connectivity index (χ0n) is 20.4. The Kier molecular flexibility index (Phi) is 6.54. The highest BCUT2D eigenvalue weighted by atomic mass is 16.5. The number of nitrogens with zero attached hydrogens (tertiary/aromatic N) is 3. The lowest BCUT2D eigenvalue weighted by Gasteiger charge is -2.20. The van der Waals surface area contributed by atoms with Crippen molar-refractivity contribution in [2.45, 2.75) is 32.9 Å². The Morgan fingerprint density at radius 3 is 2.19 bits per heavy atom. The number of aromatic nitrogens is 3. The molecule has 2 heterocycles. The molecule has 2 aromatic heterocycles. The topological polar surface area (TPSA) is 88.8 Å². The van der Waals surface area contributed by atoms with Crippen LogP contribution in [0, 0.1) is 19.3 Å². The number of nitrogens with one attached hydrogen (secondary N) is 2. The highest BCUT2D eigenvalue weighted by Gasteiger charge is 2.21. The van der Waals surface area contributed by atoms with E-state index < -0.39 is 0 Å².